The molecule has 0 aliphatic carbocycles. The van der Waals surface area contributed by atoms with Crippen molar-refractivity contribution in [1.29, 1.82) is 0 Å². The van der Waals surface area contributed by atoms with Crippen LogP contribution in [0.15, 0.2) is 0 Å². The Hall–Kier alpha value is -0.770. The number of unbranched alkanes of at least 4 members (excludes halogenated alkanes) is 5. The highest BCUT2D eigenvalue weighted by Crippen LogP contribution is 2.09. The zero-order chi connectivity index (χ0) is 12.3. The maximum absolute atomic E-state index is 11.2. The van der Waals surface area contributed by atoms with Crippen LogP contribution < -0.4 is 0 Å². The molecule has 0 unspecified atom stereocenters. The van der Waals surface area contributed by atoms with Gasteiger partial charge in [0.1, 0.15) is 0 Å². The molecule has 17 heavy (non-hydrogen) atoms. The van der Waals surface area contributed by atoms with E-state index in [-0.39, 0.29) is 0 Å². The molecule has 100 valence electrons. The maximum atomic E-state index is 11.2. The molecule has 1 saturated heterocycles. The number of carbonyl (C=O) groups is 1. The second-order valence-corrected chi connectivity index (χ2v) is 4.59. The number of ether oxygens (including phenoxy) is 1. The first-order chi connectivity index (χ1) is 8.33. The molecule has 0 amide bonds. The maximum Gasteiger partial charge on any atom is 0.527 e. The second kappa shape index (κ2) is 9.28. The van der Waals surface area contributed by atoms with Crippen molar-refractivity contribution in [2.75, 3.05) is 19.7 Å². The summed E-state index contributed by atoms with van der Waals surface area (Å²) in [7, 11) is 0. The highest BCUT2D eigenvalue weighted by molar-refractivity contribution is 5.59. The Balaban J connectivity index is 1.86. The number of hydrogen-bond donors (Lipinski definition) is 0. The molecule has 0 bridgehead atoms. The highest BCUT2D eigenvalue weighted by atomic mass is 16.8. The Morgan fingerprint density at radius 2 is 1.71 bits per heavy atom. The van der Waals surface area contributed by atoms with Gasteiger partial charge in [0.2, 0.25) is 0 Å². The fourth-order valence-electron chi connectivity index (χ4n) is 1.95. The molecule has 0 atom stereocenters. The predicted molar refractivity (Wildman–Crippen MR) is 66.6 cm³/mol. The summed E-state index contributed by atoms with van der Waals surface area (Å²) in [4.78, 5) is 16.3. The van der Waals surface area contributed by atoms with Gasteiger partial charge in [-0.25, -0.2) is 4.79 Å². The Labute approximate surface area is 104 Å². The minimum atomic E-state index is -0.541. The molecule has 0 aromatic carbocycles. The minimum Gasteiger partial charge on any atom is -0.433 e. The lowest BCUT2D eigenvalue weighted by Gasteiger charge is -2.13. The Kier molecular flexibility index (Phi) is 7.80. The van der Waals surface area contributed by atoms with Gasteiger partial charge in [-0.1, -0.05) is 39.0 Å². The summed E-state index contributed by atoms with van der Waals surface area (Å²) < 4.78 is 5.01. The summed E-state index contributed by atoms with van der Waals surface area (Å²) in [5, 5.41) is 1.68. The van der Waals surface area contributed by atoms with Crippen molar-refractivity contribution < 1.29 is 14.4 Å². The van der Waals surface area contributed by atoms with Gasteiger partial charge in [-0.15, -0.1) is 5.06 Å². The van der Waals surface area contributed by atoms with Crippen LogP contribution in [0.3, 0.4) is 0 Å². The van der Waals surface area contributed by atoms with Gasteiger partial charge in [-0.3, -0.25) is 0 Å². The third-order valence-electron chi connectivity index (χ3n) is 2.99. The molecule has 0 aromatic heterocycles. The molecule has 1 rings (SSSR count). The molecule has 0 spiro atoms. The fourth-order valence-corrected chi connectivity index (χ4v) is 1.95. The van der Waals surface area contributed by atoms with Crippen LogP contribution in [0.5, 0.6) is 0 Å². The predicted octanol–water partition coefficient (Wildman–Crippen LogP) is 3.51. The average Bonchev–Trinajstić information content (AvgIpc) is 2.80. The van der Waals surface area contributed by atoms with Gasteiger partial charge in [-0.05, 0) is 19.3 Å². The monoisotopic (exact) mass is 243 g/mol. The topological polar surface area (TPSA) is 38.8 Å². The molecule has 4 nitrogen and oxygen atoms in total. The summed E-state index contributed by atoms with van der Waals surface area (Å²) in [5.74, 6) is 0. The van der Waals surface area contributed by atoms with Crippen molar-refractivity contribution in [2.24, 2.45) is 0 Å². The van der Waals surface area contributed by atoms with Gasteiger partial charge >= 0.3 is 6.16 Å². The number of carbonyl (C=O) groups excluding carboxylic acids is 1. The highest BCUT2D eigenvalue weighted by Gasteiger charge is 2.16. The van der Waals surface area contributed by atoms with Crippen molar-refractivity contribution in [3.8, 4) is 0 Å². The number of hydroxylamine groups is 2. The van der Waals surface area contributed by atoms with E-state index in [1.165, 1.54) is 25.7 Å². The molecule has 1 heterocycles. The fraction of sp³-hybridized carbons (Fsp3) is 0.923. The molecule has 0 saturated carbocycles. The first-order valence-corrected chi connectivity index (χ1v) is 6.92. The lowest BCUT2D eigenvalue weighted by atomic mass is 10.1. The van der Waals surface area contributed by atoms with E-state index in [1.807, 2.05) is 0 Å². The molecular formula is C13H25NO3. The molecule has 4 heteroatoms. The standard InChI is InChI=1S/C13H25NO3/c1-2-3-4-5-6-9-12-16-13(15)17-14-10-7-8-11-14/h2-12H2,1H3. The molecule has 1 aliphatic rings. The summed E-state index contributed by atoms with van der Waals surface area (Å²) in [5.41, 5.74) is 0. The average molecular weight is 243 g/mol. The Morgan fingerprint density at radius 3 is 2.41 bits per heavy atom. The van der Waals surface area contributed by atoms with E-state index in [0.717, 1.165) is 38.8 Å². The summed E-state index contributed by atoms with van der Waals surface area (Å²) in [6.45, 7) is 4.37. The van der Waals surface area contributed by atoms with E-state index in [2.05, 4.69) is 6.92 Å². The summed E-state index contributed by atoms with van der Waals surface area (Å²) >= 11 is 0. The van der Waals surface area contributed by atoms with Crippen LogP contribution in [0.4, 0.5) is 4.79 Å². The van der Waals surface area contributed by atoms with E-state index in [1.54, 1.807) is 5.06 Å². The van der Waals surface area contributed by atoms with E-state index < -0.39 is 6.16 Å². The van der Waals surface area contributed by atoms with E-state index in [0.29, 0.717) is 6.61 Å². The van der Waals surface area contributed by atoms with Crippen molar-refractivity contribution in [2.45, 2.75) is 58.3 Å². The molecule has 1 fully saturated rings. The van der Waals surface area contributed by atoms with Crippen molar-refractivity contribution >= 4 is 6.16 Å². The van der Waals surface area contributed by atoms with Crippen LogP contribution >= 0.6 is 0 Å². The zero-order valence-electron chi connectivity index (χ0n) is 11.0. The van der Waals surface area contributed by atoms with Crippen LogP contribution in [0.1, 0.15) is 58.3 Å². The van der Waals surface area contributed by atoms with Crippen LogP contribution in [0, 0.1) is 0 Å². The van der Waals surface area contributed by atoms with Gasteiger partial charge in [-0.2, -0.15) is 0 Å². The lowest BCUT2D eigenvalue weighted by molar-refractivity contribution is -0.112. The minimum absolute atomic E-state index is 0.485. The number of hydrogen-bond acceptors (Lipinski definition) is 4. The van der Waals surface area contributed by atoms with Crippen molar-refractivity contribution in [1.82, 2.24) is 5.06 Å². The number of nitrogens with zero attached hydrogens (tertiary/aromatic N) is 1. The van der Waals surface area contributed by atoms with Crippen LogP contribution in [-0.2, 0) is 9.57 Å². The first kappa shape index (κ1) is 14.3. The van der Waals surface area contributed by atoms with Gasteiger partial charge in [0, 0.05) is 13.1 Å². The van der Waals surface area contributed by atoms with Crippen LogP contribution in [0.2, 0.25) is 0 Å². The van der Waals surface area contributed by atoms with Gasteiger partial charge in [0.25, 0.3) is 0 Å². The smallest absolute Gasteiger partial charge is 0.433 e. The first-order valence-electron chi connectivity index (χ1n) is 6.92. The van der Waals surface area contributed by atoms with Crippen LogP contribution in [-0.4, -0.2) is 30.9 Å². The zero-order valence-corrected chi connectivity index (χ0v) is 11.0. The quantitative estimate of drug-likeness (QED) is 0.483. The largest absolute Gasteiger partial charge is 0.527 e. The van der Waals surface area contributed by atoms with E-state index in [4.69, 9.17) is 9.57 Å². The molecule has 0 N–H and O–H groups in total. The second-order valence-electron chi connectivity index (χ2n) is 4.59. The third-order valence-corrected chi connectivity index (χ3v) is 2.99. The van der Waals surface area contributed by atoms with Gasteiger partial charge in [0.15, 0.2) is 0 Å². The normalized spacial score (nSPS) is 16.1. The molecular weight excluding hydrogens is 218 g/mol. The Bertz CT molecular complexity index is 203. The lowest BCUT2D eigenvalue weighted by Crippen LogP contribution is -2.24. The SMILES string of the molecule is CCCCCCCCOC(=O)ON1CCCC1. The Morgan fingerprint density at radius 1 is 1.06 bits per heavy atom. The van der Waals surface area contributed by atoms with Gasteiger partial charge in [0.05, 0.1) is 6.61 Å². The summed E-state index contributed by atoms with van der Waals surface area (Å²) in [6, 6.07) is 0. The molecule has 0 aromatic rings. The summed E-state index contributed by atoms with van der Waals surface area (Å²) in [6.07, 6.45) is 8.83. The number of rotatable bonds is 8. The van der Waals surface area contributed by atoms with Gasteiger partial charge < -0.3 is 9.57 Å². The van der Waals surface area contributed by atoms with Crippen molar-refractivity contribution in [3.63, 3.8) is 0 Å². The third kappa shape index (κ3) is 7.21. The molecule has 0 radical (unpaired) electrons. The molecule has 1 aliphatic heterocycles. The van der Waals surface area contributed by atoms with E-state index in [9.17, 15) is 4.79 Å². The van der Waals surface area contributed by atoms with Crippen molar-refractivity contribution in [3.05, 3.63) is 0 Å². The van der Waals surface area contributed by atoms with E-state index >= 15 is 0 Å². The van der Waals surface area contributed by atoms with Crippen LogP contribution in [0.25, 0.3) is 0 Å².